The summed E-state index contributed by atoms with van der Waals surface area (Å²) in [6.45, 7) is 8.51. The molecule has 0 amide bonds. The summed E-state index contributed by atoms with van der Waals surface area (Å²) in [5, 5.41) is 9.17. The lowest BCUT2D eigenvalue weighted by atomic mass is 9.81. The van der Waals surface area contributed by atoms with E-state index in [0.717, 1.165) is 22.3 Å². The molecule has 0 bridgehead atoms. The average Bonchev–Trinajstić information content (AvgIpc) is 2.82. The van der Waals surface area contributed by atoms with Crippen molar-refractivity contribution in [1.82, 2.24) is 0 Å². The van der Waals surface area contributed by atoms with Gasteiger partial charge in [-0.2, -0.15) is 0 Å². The van der Waals surface area contributed by atoms with Gasteiger partial charge in [-0.1, -0.05) is 57.2 Å². The number of hydrogen-bond donors (Lipinski definition) is 1. The van der Waals surface area contributed by atoms with Crippen LogP contribution < -0.4 is 9.47 Å². The summed E-state index contributed by atoms with van der Waals surface area (Å²) in [7, 11) is 1.57. The summed E-state index contributed by atoms with van der Waals surface area (Å²) in [5.41, 5.74) is 3.99. The van der Waals surface area contributed by atoms with Gasteiger partial charge < -0.3 is 14.6 Å². The molecule has 0 aliphatic rings. The Kier molecular flexibility index (Phi) is 8.34. The number of allylic oxidation sites excluding steroid dienone is 2. The Balaban J connectivity index is 1.85. The standard InChI is InChI=1S/C30H33FO4/c1-6-7-22(17-29(32)33)21-9-11-23(12-10-21)35-19-20-8-14-27(30(2,3)4)25(16-20)26-18-24(34-5)13-15-28(26)31/h6-16,18,22H,17,19H2,1-5H3,(H,32,33)/b7-6-. The van der Waals surface area contributed by atoms with Crippen molar-refractivity contribution in [3.63, 3.8) is 0 Å². The van der Waals surface area contributed by atoms with E-state index in [4.69, 9.17) is 14.6 Å². The van der Waals surface area contributed by atoms with Gasteiger partial charge in [0.05, 0.1) is 13.5 Å². The first kappa shape index (κ1) is 26.0. The molecule has 0 radical (unpaired) electrons. The molecule has 0 spiro atoms. The van der Waals surface area contributed by atoms with Gasteiger partial charge in [-0.3, -0.25) is 4.79 Å². The first-order valence-corrected chi connectivity index (χ1v) is 11.7. The first-order chi connectivity index (χ1) is 16.6. The predicted octanol–water partition coefficient (Wildman–Crippen LogP) is 7.51. The van der Waals surface area contributed by atoms with Crippen LogP contribution in [0.25, 0.3) is 11.1 Å². The minimum atomic E-state index is -0.838. The molecule has 0 saturated carbocycles. The maximum absolute atomic E-state index is 14.9. The van der Waals surface area contributed by atoms with E-state index >= 15 is 0 Å². The van der Waals surface area contributed by atoms with Crippen molar-refractivity contribution in [3.05, 3.63) is 95.3 Å². The minimum Gasteiger partial charge on any atom is -0.497 e. The molecule has 1 N–H and O–H groups in total. The number of benzene rings is 3. The molecule has 1 atom stereocenters. The summed E-state index contributed by atoms with van der Waals surface area (Å²) in [5.74, 6) is -0.0475. The normalized spacial score (nSPS) is 12.5. The van der Waals surface area contributed by atoms with Crippen molar-refractivity contribution in [2.24, 2.45) is 0 Å². The van der Waals surface area contributed by atoms with Crippen LogP contribution in [0.2, 0.25) is 0 Å². The Labute approximate surface area is 207 Å². The summed E-state index contributed by atoms with van der Waals surface area (Å²) in [6, 6.07) is 18.3. The second-order valence-electron chi connectivity index (χ2n) is 9.56. The molecule has 0 aromatic heterocycles. The van der Waals surface area contributed by atoms with Crippen molar-refractivity contribution in [2.45, 2.75) is 52.1 Å². The zero-order valence-corrected chi connectivity index (χ0v) is 21.0. The van der Waals surface area contributed by atoms with Crippen LogP contribution in [-0.4, -0.2) is 18.2 Å². The van der Waals surface area contributed by atoms with Crippen molar-refractivity contribution in [1.29, 1.82) is 0 Å². The highest BCUT2D eigenvalue weighted by Gasteiger charge is 2.21. The maximum atomic E-state index is 14.9. The van der Waals surface area contributed by atoms with Gasteiger partial charge in [-0.25, -0.2) is 4.39 Å². The SMILES string of the molecule is C/C=C\C(CC(=O)O)c1ccc(OCc2ccc(C(C)(C)C)c(-c3cc(OC)ccc3F)c2)cc1. The van der Waals surface area contributed by atoms with E-state index < -0.39 is 5.97 Å². The number of carboxylic acids is 1. The van der Waals surface area contributed by atoms with Crippen LogP contribution in [-0.2, 0) is 16.8 Å². The molecule has 35 heavy (non-hydrogen) atoms. The van der Waals surface area contributed by atoms with E-state index in [1.54, 1.807) is 19.2 Å². The van der Waals surface area contributed by atoms with E-state index in [1.807, 2.05) is 61.5 Å². The largest absolute Gasteiger partial charge is 0.497 e. The van der Waals surface area contributed by atoms with E-state index in [9.17, 15) is 9.18 Å². The van der Waals surface area contributed by atoms with Crippen LogP contribution in [0.15, 0.2) is 72.8 Å². The molecule has 4 nitrogen and oxygen atoms in total. The second-order valence-corrected chi connectivity index (χ2v) is 9.56. The number of halogens is 1. The first-order valence-electron chi connectivity index (χ1n) is 11.7. The monoisotopic (exact) mass is 476 g/mol. The third-order valence-corrected chi connectivity index (χ3v) is 5.89. The molecule has 0 saturated heterocycles. The van der Waals surface area contributed by atoms with Crippen LogP contribution in [0.1, 0.15) is 56.7 Å². The number of methoxy groups -OCH3 is 1. The lowest BCUT2D eigenvalue weighted by molar-refractivity contribution is -0.137. The highest BCUT2D eigenvalue weighted by Crippen LogP contribution is 2.37. The third-order valence-electron chi connectivity index (χ3n) is 5.89. The van der Waals surface area contributed by atoms with E-state index in [-0.39, 0.29) is 23.6 Å². The maximum Gasteiger partial charge on any atom is 0.304 e. The summed E-state index contributed by atoms with van der Waals surface area (Å²) >= 11 is 0. The van der Waals surface area contributed by atoms with Gasteiger partial charge in [-0.05, 0) is 71.0 Å². The molecule has 0 aliphatic carbocycles. The molecule has 184 valence electrons. The fraction of sp³-hybridized carbons (Fsp3) is 0.300. The number of carboxylic acid groups (broad SMARTS) is 1. The van der Waals surface area contributed by atoms with Gasteiger partial charge in [0.25, 0.3) is 0 Å². The topological polar surface area (TPSA) is 55.8 Å². The summed E-state index contributed by atoms with van der Waals surface area (Å²) in [4.78, 5) is 11.2. The highest BCUT2D eigenvalue weighted by atomic mass is 19.1. The molecule has 3 rings (SSSR count). The number of aliphatic carboxylic acids is 1. The fourth-order valence-electron chi connectivity index (χ4n) is 4.09. The van der Waals surface area contributed by atoms with Gasteiger partial charge in [0.2, 0.25) is 0 Å². The molecule has 1 unspecified atom stereocenters. The lowest BCUT2D eigenvalue weighted by Crippen LogP contribution is -2.13. The van der Waals surface area contributed by atoms with Crippen molar-refractivity contribution < 1.29 is 23.8 Å². The van der Waals surface area contributed by atoms with Gasteiger partial charge in [-0.15, -0.1) is 0 Å². The Morgan fingerprint density at radius 2 is 1.69 bits per heavy atom. The molecule has 0 aliphatic heterocycles. The third kappa shape index (κ3) is 6.72. The Bertz CT molecular complexity index is 1190. The van der Waals surface area contributed by atoms with Crippen LogP contribution in [0.5, 0.6) is 11.5 Å². The predicted molar refractivity (Wildman–Crippen MR) is 138 cm³/mol. The van der Waals surface area contributed by atoms with Crippen molar-refractivity contribution >= 4 is 5.97 Å². The smallest absolute Gasteiger partial charge is 0.304 e. The second kappa shape index (κ2) is 11.2. The van der Waals surface area contributed by atoms with Crippen LogP contribution in [0.3, 0.4) is 0 Å². The quantitative estimate of drug-likeness (QED) is 0.325. The van der Waals surface area contributed by atoms with Crippen molar-refractivity contribution in [2.75, 3.05) is 7.11 Å². The summed E-state index contributed by atoms with van der Waals surface area (Å²) < 4.78 is 26.2. The lowest BCUT2D eigenvalue weighted by Gasteiger charge is -2.24. The van der Waals surface area contributed by atoms with Gasteiger partial charge in [0.15, 0.2) is 0 Å². The van der Waals surface area contributed by atoms with Crippen LogP contribution in [0.4, 0.5) is 4.39 Å². The number of rotatable bonds is 9. The number of ether oxygens (including phenoxy) is 2. The molecule has 5 heteroatoms. The average molecular weight is 477 g/mol. The Morgan fingerprint density at radius 3 is 2.29 bits per heavy atom. The fourth-order valence-corrected chi connectivity index (χ4v) is 4.09. The molecule has 0 fully saturated rings. The van der Waals surface area contributed by atoms with E-state index in [0.29, 0.717) is 23.7 Å². The molecule has 0 heterocycles. The van der Waals surface area contributed by atoms with Crippen LogP contribution in [0, 0.1) is 5.82 Å². The van der Waals surface area contributed by atoms with Gasteiger partial charge in [0.1, 0.15) is 23.9 Å². The number of hydrogen-bond acceptors (Lipinski definition) is 3. The summed E-state index contributed by atoms with van der Waals surface area (Å²) in [6.07, 6.45) is 3.79. The van der Waals surface area contributed by atoms with Gasteiger partial charge >= 0.3 is 5.97 Å². The highest BCUT2D eigenvalue weighted by molar-refractivity contribution is 5.71. The van der Waals surface area contributed by atoms with Crippen molar-refractivity contribution in [3.8, 4) is 22.6 Å². The molecular formula is C30H33FO4. The number of carbonyl (C=O) groups is 1. The Morgan fingerprint density at radius 1 is 1.00 bits per heavy atom. The molecule has 3 aromatic carbocycles. The minimum absolute atomic E-state index is 0.0360. The molecule has 3 aromatic rings. The van der Waals surface area contributed by atoms with Gasteiger partial charge in [0, 0.05) is 11.5 Å². The zero-order chi connectivity index (χ0) is 25.6. The van der Waals surface area contributed by atoms with E-state index in [1.165, 1.54) is 6.07 Å². The Hall–Kier alpha value is -3.60. The van der Waals surface area contributed by atoms with Crippen LogP contribution >= 0.6 is 0 Å². The zero-order valence-electron chi connectivity index (χ0n) is 21.0. The van der Waals surface area contributed by atoms with E-state index in [2.05, 4.69) is 20.8 Å². The molecular weight excluding hydrogens is 443 g/mol.